The van der Waals surface area contributed by atoms with Crippen LogP contribution in [0.3, 0.4) is 0 Å². The first-order valence-electron chi connectivity index (χ1n) is 8.35. The maximum Gasteiger partial charge on any atom is 0.407 e. The zero-order valence-electron chi connectivity index (χ0n) is 14.9. The molecule has 3 N–H and O–H groups in total. The smallest absolute Gasteiger partial charge is 0.407 e. The van der Waals surface area contributed by atoms with Crippen LogP contribution < -0.4 is 10.6 Å². The second-order valence-corrected chi connectivity index (χ2v) is 8.25. The Labute approximate surface area is 165 Å². The van der Waals surface area contributed by atoms with Gasteiger partial charge in [0.2, 0.25) is 0 Å². The van der Waals surface area contributed by atoms with Gasteiger partial charge in [-0.15, -0.1) is 0 Å². The number of rotatable bonds is 4. The predicted molar refractivity (Wildman–Crippen MR) is 111 cm³/mol. The van der Waals surface area contributed by atoms with E-state index in [0.717, 1.165) is 32.0 Å². The molecule has 0 atom stereocenters. The van der Waals surface area contributed by atoms with E-state index in [1.165, 1.54) is 0 Å². The van der Waals surface area contributed by atoms with Crippen molar-refractivity contribution >= 4 is 61.1 Å². The molecule has 7 heteroatoms. The minimum Gasteiger partial charge on any atom is -0.444 e. The van der Waals surface area contributed by atoms with Crippen molar-refractivity contribution < 1.29 is 9.53 Å². The summed E-state index contributed by atoms with van der Waals surface area (Å²) in [7, 11) is 0. The lowest BCUT2D eigenvalue weighted by Crippen LogP contribution is -2.35. The zero-order chi connectivity index (χ0) is 18.9. The van der Waals surface area contributed by atoms with Crippen molar-refractivity contribution in [2.24, 2.45) is 0 Å². The van der Waals surface area contributed by atoms with Gasteiger partial charge >= 0.3 is 6.09 Å². The summed E-state index contributed by atoms with van der Waals surface area (Å²) < 4.78 is 6.16. The van der Waals surface area contributed by atoms with Gasteiger partial charge in [-0.25, -0.2) is 4.79 Å². The van der Waals surface area contributed by atoms with E-state index in [0.29, 0.717) is 18.1 Å². The Morgan fingerprint density at radius 2 is 1.96 bits per heavy atom. The number of ether oxygens (including phenoxy) is 1. The minimum absolute atomic E-state index is 0.415. The molecule has 0 aliphatic carbocycles. The number of fused-ring (bicyclic) bond motifs is 3. The van der Waals surface area contributed by atoms with Crippen LogP contribution in [0, 0.1) is 0 Å². The van der Waals surface area contributed by atoms with Crippen molar-refractivity contribution in [2.45, 2.75) is 26.4 Å². The lowest BCUT2D eigenvalue weighted by molar-refractivity contribution is 0.0530. The Balaban J connectivity index is 1.68. The molecule has 0 spiro atoms. The van der Waals surface area contributed by atoms with Crippen LogP contribution in [0.4, 0.5) is 10.5 Å². The van der Waals surface area contributed by atoms with Crippen LogP contribution in [0.1, 0.15) is 20.8 Å². The molecule has 5 nitrogen and oxygen atoms in total. The van der Waals surface area contributed by atoms with E-state index >= 15 is 0 Å². The Morgan fingerprint density at radius 1 is 1.19 bits per heavy atom. The highest BCUT2D eigenvalue weighted by molar-refractivity contribution is 9.10. The average molecular weight is 439 g/mol. The zero-order valence-corrected chi connectivity index (χ0v) is 17.2. The number of hydrogen-bond donors (Lipinski definition) is 3. The third kappa shape index (κ3) is 4.24. The van der Waals surface area contributed by atoms with E-state index in [2.05, 4.69) is 37.6 Å². The molecule has 0 radical (unpaired) electrons. The van der Waals surface area contributed by atoms with Gasteiger partial charge in [-0.05, 0) is 61.0 Å². The summed E-state index contributed by atoms with van der Waals surface area (Å²) in [4.78, 5) is 15.1. The summed E-state index contributed by atoms with van der Waals surface area (Å²) in [6.07, 6.45) is -0.415. The standard InChI is InChI=1S/C19H21BrClN3O2/c1-19(2,3)26-18(25)23-9-8-22-15-7-5-12-13-10-11(21)4-6-14(13)24-17(12)16(15)20/h4-7,10,22,24H,8-9H2,1-3H3,(H,23,25). The first-order valence-corrected chi connectivity index (χ1v) is 9.52. The number of carbonyl (C=O) groups excluding carboxylic acids is 1. The number of carbonyl (C=O) groups is 1. The van der Waals surface area contributed by atoms with E-state index < -0.39 is 11.7 Å². The molecule has 3 rings (SSSR count). The molecule has 0 saturated carbocycles. The highest BCUT2D eigenvalue weighted by Crippen LogP contribution is 2.36. The summed E-state index contributed by atoms with van der Waals surface area (Å²) in [6, 6.07) is 9.86. The number of benzene rings is 2. The van der Waals surface area contributed by atoms with Gasteiger partial charge in [0.05, 0.1) is 15.7 Å². The number of amides is 1. The topological polar surface area (TPSA) is 66.2 Å². The Hall–Kier alpha value is -1.92. The third-order valence-electron chi connectivity index (χ3n) is 3.78. The molecular formula is C19H21BrClN3O2. The number of aromatic amines is 1. The largest absolute Gasteiger partial charge is 0.444 e. The van der Waals surface area contributed by atoms with Gasteiger partial charge in [-0.2, -0.15) is 0 Å². The minimum atomic E-state index is -0.496. The number of hydrogen-bond acceptors (Lipinski definition) is 3. The van der Waals surface area contributed by atoms with Crippen molar-refractivity contribution in [1.29, 1.82) is 0 Å². The monoisotopic (exact) mass is 437 g/mol. The van der Waals surface area contributed by atoms with Gasteiger partial charge in [-0.1, -0.05) is 17.7 Å². The summed E-state index contributed by atoms with van der Waals surface area (Å²) in [5, 5.41) is 8.95. The number of aromatic nitrogens is 1. The first-order chi connectivity index (χ1) is 12.2. The summed E-state index contributed by atoms with van der Waals surface area (Å²) in [5.41, 5.74) is 2.49. The van der Waals surface area contributed by atoms with E-state index in [1.807, 2.05) is 45.0 Å². The summed E-state index contributed by atoms with van der Waals surface area (Å²) in [5.74, 6) is 0. The third-order valence-corrected chi connectivity index (χ3v) is 4.84. The van der Waals surface area contributed by atoms with E-state index in [1.54, 1.807) is 0 Å². The molecule has 1 aromatic heterocycles. The molecule has 138 valence electrons. The lowest BCUT2D eigenvalue weighted by atomic mass is 10.1. The number of alkyl carbamates (subject to hydrolysis) is 1. The van der Waals surface area contributed by atoms with Crippen LogP contribution in [0.25, 0.3) is 21.8 Å². The molecule has 0 bridgehead atoms. The molecule has 0 unspecified atom stereocenters. The van der Waals surface area contributed by atoms with Crippen molar-refractivity contribution in [3.05, 3.63) is 39.8 Å². The molecule has 2 aromatic carbocycles. The molecular weight excluding hydrogens is 418 g/mol. The first kappa shape index (κ1) is 18.9. The fourth-order valence-electron chi connectivity index (χ4n) is 2.72. The van der Waals surface area contributed by atoms with Gasteiger partial charge in [0, 0.05) is 34.4 Å². The maximum absolute atomic E-state index is 11.7. The van der Waals surface area contributed by atoms with Gasteiger partial charge in [0.1, 0.15) is 5.60 Å². The van der Waals surface area contributed by atoms with Crippen molar-refractivity contribution in [1.82, 2.24) is 10.3 Å². The van der Waals surface area contributed by atoms with Crippen LogP contribution in [-0.2, 0) is 4.74 Å². The van der Waals surface area contributed by atoms with Crippen molar-refractivity contribution in [3.8, 4) is 0 Å². The van der Waals surface area contributed by atoms with Crippen molar-refractivity contribution in [2.75, 3.05) is 18.4 Å². The molecule has 3 aromatic rings. The normalized spacial score (nSPS) is 11.7. The highest BCUT2D eigenvalue weighted by Gasteiger charge is 2.15. The molecule has 0 aliphatic rings. The van der Waals surface area contributed by atoms with Gasteiger partial charge in [0.25, 0.3) is 0 Å². The molecule has 1 heterocycles. The fraction of sp³-hybridized carbons (Fsp3) is 0.316. The number of nitrogens with one attached hydrogen (secondary N) is 3. The Morgan fingerprint density at radius 3 is 2.69 bits per heavy atom. The molecule has 0 fully saturated rings. The number of H-pyrrole nitrogens is 1. The van der Waals surface area contributed by atoms with E-state index in [-0.39, 0.29) is 0 Å². The molecule has 0 saturated heterocycles. The lowest BCUT2D eigenvalue weighted by Gasteiger charge is -2.19. The summed E-state index contributed by atoms with van der Waals surface area (Å²) in [6.45, 7) is 6.55. The van der Waals surface area contributed by atoms with Crippen LogP contribution in [0.2, 0.25) is 5.02 Å². The van der Waals surface area contributed by atoms with Gasteiger partial charge in [0.15, 0.2) is 0 Å². The van der Waals surface area contributed by atoms with Crippen LogP contribution in [0.15, 0.2) is 34.8 Å². The van der Waals surface area contributed by atoms with Crippen molar-refractivity contribution in [3.63, 3.8) is 0 Å². The highest BCUT2D eigenvalue weighted by atomic mass is 79.9. The average Bonchev–Trinajstić information content (AvgIpc) is 2.90. The number of halogens is 2. The van der Waals surface area contributed by atoms with E-state index in [4.69, 9.17) is 16.3 Å². The number of anilines is 1. The van der Waals surface area contributed by atoms with Crippen LogP contribution in [-0.4, -0.2) is 29.8 Å². The molecule has 1 amide bonds. The van der Waals surface area contributed by atoms with Gasteiger partial charge in [-0.3, -0.25) is 0 Å². The second-order valence-electron chi connectivity index (χ2n) is 7.02. The SMILES string of the molecule is CC(C)(C)OC(=O)NCCNc1ccc2c([nH]c3ccc(Cl)cc32)c1Br. The summed E-state index contributed by atoms with van der Waals surface area (Å²) >= 11 is 9.77. The second kappa shape index (κ2) is 7.37. The Bertz CT molecular complexity index is 963. The van der Waals surface area contributed by atoms with Crippen LogP contribution in [0.5, 0.6) is 0 Å². The Kier molecular flexibility index (Phi) is 5.34. The molecule has 26 heavy (non-hydrogen) atoms. The van der Waals surface area contributed by atoms with Crippen LogP contribution >= 0.6 is 27.5 Å². The molecule has 0 aliphatic heterocycles. The quantitative estimate of drug-likeness (QED) is 0.460. The maximum atomic E-state index is 11.7. The van der Waals surface area contributed by atoms with E-state index in [9.17, 15) is 4.79 Å². The predicted octanol–water partition coefficient (Wildman–Crippen LogP) is 5.67. The fourth-order valence-corrected chi connectivity index (χ4v) is 3.48. The van der Waals surface area contributed by atoms with Gasteiger partial charge < -0.3 is 20.4 Å².